The van der Waals surface area contributed by atoms with E-state index in [1.165, 1.54) is 44.5 Å². The summed E-state index contributed by atoms with van der Waals surface area (Å²) in [6, 6.07) is 66.7. The van der Waals surface area contributed by atoms with Crippen molar-refractivity contribution >= 4 is 28.4 Å². The number of allylic oxidation sites excluding steroid dienone is 10. The van der Waals surface area contributed by atoms with E-state index in [0.717, 1.165) is 78.5 Å². The van der Waals surface area contributed by atoms with E-state index >= 15 is 0 Å². The molecule has 4 nitrogen and oxygen atoms in total. The largest absolute Gasteiger partial charge is 0.329 e. The molecule has 0 saturated heterocycles. The lowest BCUT2D eigenvalue weighted by molar-refractivity contribution is 0.773. The second-order valence-corrected chi connectivity index (χ2v) is 19.8. The number of nitriles is 1. The minimum Gasteiger partial charge on any atom is -0.329 e. The second-order valence-electron chi connectivity index (χ2n) is 19.8. The Morgan fingerprint density at radius 2 is 1.04 bits per heavy atom. The van der Waals surface area contributed by atoms with Crippen LogP contribution >= 0.6 is 0 Å². The molecule has 74 heavy (non-hydrogen) atoms. The highest BCUT2D eigenvalue weighted by atomic mass is 15.2. The Labute approximate surface area is 435 Å². The van der Waals surface area contributed by atoms with Crippen molar-refractivity contribution in [3.05, 3.63) is 303 Å². The van der Waals surface area contributed by atoms with Gasteiger partial charge < -0.3 is 9.80 Å². The van der Waals surface area contributed by atoms with Crippen molar-refractivity contribution in [1.82, 2.24) is 0 Å². The van der Waals surface area contributed by atoms with Crippen LogP contribution in [0, 0.1) is 51.5 Å². The zero-order chi connectivity index (χ0) is 50.5. The van der Waals surface area contributed by atoms with Gasteiger partial charge in [0.1, 0.15) is 6.07 Å². The first-order valence-electron chi connectivity index (χ1n) is 25.3. The van der Waals surface area contributed by atoms with Crippen LogP contribution in [0.25, 0.3) is 49.4 Å². The molecule has 0 amide bonds. The fraction of sp³-hybridized carbons (Fsp3) is 0.0857. The Kier molecular flexibility index (Phi) is 11.7. The summed E-state index contributed by atoms with van der Waals surface area (Å²) in [7, 11) is 0. The van der Waals surface area contributed by atoms with Gasteiger partial charge in [-0.05, 0) is 137 Å². The van der Waals surface area contributed by atoms with Gasteiger partial charge in [-0.1, -0.05) is 204 Å². The molecule has 4 heteroatoms. The molecular weight excluding hydrogens is 897 g/mol. The zero-order valence-electron chi connectivity index (χ0n) is 41.9. The van der Waals surface area contributed by atoms with Gasteiger partial charge in [0.2, 0.25) is 5.69 Å². The predicted molar refractivity (Wildman–Crippen MR) is 307 cm³/mol. The third kappa shape index (κ3) is 8.14. The van der Waals surface area contributed by atoms with Crippen LogP contribution in [0.15, 0.2) is 264 Å². The molecule has 0 saturated carbocycles. The SMILES string of the molecule is [C-]#[N+]c1ccccc1N(C1=C2C=CC3=C4C(=CC=C(C=C1)C24)C(N(c1ccccc1C#N)c1ccc(-c2cccc(C)c2)cc1-c1cccc(C)c1)C=C3)c1ccc(-c2cccc(C)c2)cc1-c1cccc(C)c1. The predicted octanol–water partition coefficient (Wildman–Crippen LogP) is 18.1. The molecule has 0 N–H and O–H groups in total. The van der Waals surface area contributed by atoms with Crippen LogP contribution in [0.1, 0.15) is 27.8 Å². The van der Waals surface area contributed by atoms with Crippen molar-refractivity contribution in [2.75, 3.05) is 9.80 Å². The number of aryl methyl sites for hydroxylation is 4. The summed E-state index contributed by atoms with van der Waals surface area (Å²) in [6.45, 7) is 17.1. The Hall–Kier alpha value is -9.48. The van der Waals surface area contributed by atoms with Crippen molar-refractivity contribution in [1.29, 1.82) is 5.26 Å². The highest BCUT2D eigenvalue weighted by Crippen LogP contribution is 2.54. The maximum Gasteiger partial charge on any atom is 0.210 e. The molecule has 8 aromatic rings. The minimum atomic E-state index is -0.280. The Bertz CT molecular complexity index is 3950. The summed E-state index contributed by atoms with van der Waals surface area (Å²) in [5.74, 6) is -0.105. The van der Waals surface area contributed by atoms with Gasteiger partial charge in [-0.15, -0.1) is 0 Å². The fourth-order valence-electron chi connectivity index (χ4n) is 11.4. The third-order valence-electron chi connectivity index (χ3n) is 14.9. The summed E-state index contributed by atoms with van der Waals surface area (Å²) < 4.78 is 0. The van der Waals surface area contributed by atoms with E-state index in [-0.39, 0.29) is 12.0 Å². The lowest BCUT2D eigenvalue weighted by atomic mass is 9.67. The smallest absolute Gasteiger partial charge is 0.210 e. The van der Waals surface area contributed by atoms with Gasteiger partial charge in [-0.2, -0.15) is 5.26 Å². The molecule has 0 aliphatic heterocycles. The van der Waals surface area contributed by atoms with Crippen molar-refractivity contribution < 1.29 is 0 Å². The summed E-state index contributed by atoms with van der Waals surface area (Å²) in [6.07, 6.45) is 18.3. The number of hydrogen-bond donors (Lipinski definition) is 0. The normalized spacial score (nSPS) is 16.0. The first-order valence-corrected chi connectivity index (χ1v) is 25.3. The molecule has 2 atom stereocenters. The van der Waals surface area contributed by atoms with E-state index in [1.807, 2.05) is 36.4 Å². The molecule has 4 aliphatic carbocycles. The molecule has 0 aromatic heterocycles. The average Bonchev–Trinajstić information content (AvgIpc) is 3.44. The lowest BCUT2D eigenvalue weighted by Gasteiger charge is -2.44. The van der Waals surface area contributed by atoms with Gasteiger partial charge in [0.25, 0.3) is 0 Å². The Morgan fingerprint density at radius 3 is 1.66 bits per heavy atom. The highest BCUT2D eigenvalue weighted by molar-refractivity contribution is 5.94. The molecule has 0 bridgehead atoms. The van der Waals surface area contributed by atoms with Crippen molar-refractivity contribution in [3.63, 3.8) is 0 Å². The number of benzene rings is 8. The van der Waals surface area contributed by atoms with Crippen LogP contribution in [0.2, 0.25) is 0 Å². The summed E-state index contributed by atoms with van der Waals surface area (Å²) in [5, 5.41) is 10.8. The number of anilines is 4. The van der Waals surface area contributed by atoms with E-state index < -0.39 is 0 Å². The standard InChI is InChI=1S/C70H52N4/c1-45-14-10-19-51(38-45)53-30-36-66(60(42-53)55-21-12-16-47(3)40-55)73(63-24-8-6-18-57(63)44-71)64-34-28-49-27-33-59-65(35-29-50-26-32-58(64)69(49)70(50)59)74(68-25-9-7-23-62(68)72-5)67-37-31-54(52-20-11-15-46(2)39-52)43-61(67)56-22-13-17-48(4)41-56/h6-43,64,70H,1-4H3. The molecule has 0 heterocycles. The molecule has 12 rings (SSSR count). The summed E-state index contributed by atoms with van der Waals surface area (Å²) in [4.78, 5) is 8.87. The molecule has 0 radical (unpaired) electrons. The zero-order valence-corrected chi connectivity index (χ0v) is 41.9. The van der Waals surface area contributed by atoms with E-state index in [9.17, 15) is 5.26 Å². The van der Waals surface area contributed by atoms with Crippen LogP contribution in [0.4, 0.5) is 28.4 Å². The number of nitrogens with zero attached hydrogens (tertiary/aromatic N) is 4. The topological polar surface area (TPSA) is 34.6 Å². The van der Waals surface area contributed by atoms with Gasteiger partial charge in [0.15, 0.2) is 0 Å². The van der Waals surface area contributed by atoms with Crippen LogP contribution in [0.5, 0.6) is 0 Å². The molecule has 8 aromatic carbocycles. The molecular formula is C70H52N4. The molecule has 352 valence electrons. The Morgan fingerprint density at radius 1 is 0.486 bits per heavy atom. The van der Waals surface area contributed by atoms with E-state index in [1.54, 1.807) is 0 Å². The number of hydrogen-bond acceptors (Lipinski definition) is 3. The van der Waals surface area contributed by atoms with Gasteiger partial charge in [-0.25, -0.2) is 4.85 Å². The maximum atomic E-state index is 10.8. The number of rotatable bonds is 10. The highest BCUT2D eigenvalue weighted by Gasteiger charge is 2.41. The van der Waals surface area contributed by atoms with Gasteiger partial charge in [0, 0.05) is 28.4 Å². The van der Waals surface area contributed by atoms with Gasteiger partial charge in [-0.3, -0.25) is 0 Å². The van der Waals surface area contributed by atoms with E-state index in [4.69, 9.17) is 6.57 Å². The van der Waals surface area contributed by atoms with Gasteiger partial charge in [0.05, 0.1) is 35.2 Å². The van der Waals surface area contributed by atoms with E-state index in [0.29, 0.717) is 11.3 Å². The molecule has 4 aliphatic rings. The van der Waals surface area contributed by atoms with E-state index in [2.05, 4.69) is 243 Å². The Balaban J connectivity index is 1.04. The fourth-order valence-corrected chi connectivity index (χ4v) is 11.4. The lowest BCUT2D eigenvalue weighted by Crippen LogP contribution is -2.38. The summed E-state index contributed by atoms with van der Waals surface area (Å²) >= 11 is 0. The third-order valence-corrected chi connectivity index (χ3v) is 14.9. The second kappa shape index (κ2) is 18.9. The molecule has 2 unspecified atom stereocenters. The van der Waals surface area contributed by atoms with Crippen molar-refractivity contribution in [2.45, 2.75) is 33.7 Å². The van der Waals surface area contributed by atoms with Crippen LogP contribution in [-0.4, -0.2) is 6.04 Å². The molecule has 0 fully saturated rings. The molecule has 0 spiro atoms. The van der Waals surface area contributed by atoms with Crippen LogP contribution < -0.4 is 9.80 Å². The maximum absolute atomic E-state index is 10.8. The van der Waals surface area contributed by atoms with Gasteiger partial charge >= 0.3 is 0 Å². The quantitative estimate of drug-likeness (QED) is 0.128. The van der Waals surface area contributed by atoms with Crippen molar-refractivity contribution in [2.24, 2.45) is 5.92 Å². The van der Waals surface area contributed by atoms with Crippen LogP contribution in [0.3, 0.4) is 0 Å². The average molecular weight is 949 g/mol. The van der Waals surface area contributed by atoms with Crippen molar-refractivity contribution in [3.8, 4) is 50.6 Å². The summed E-state index contributed by atoms with van der Waals surface area (Å²) in [5.41, 5.74) is 25.5. The monoisotopic (exact) mass is 948 g/mol. The minimum absolute atomic E-state index is 0.105. The first kappa shape index (κ1) is 45.6. The van der Waals surface area contributed by atoms with Crippen LogP contribution in [-0.2, 0) is 0 Å². The first-order chi connectivity index (χ1) is 36.2. The number of para-hydroxylation sites is 3.